The number of hydrogen-bond donors (Lipinski definition) is 1. The number of likely N-dealkylation sites (tertiary alicyclic amines) is 1. The lowest BCUT2D eigenvalue weighted by molar-refractivity contribution is -0.142. The van der Waals surface area contributed by atoms with Gasteiger partial charge in [0.25, 0.3) is 0 Å². The van der Waals surface area contributed by atoms with Crippen molar-refractivity contribution in [2.75, 3.05) is 62.7 Å². The van der Waals surface area contributed by atoms with Gasteiger partial charge in [-0.15, -0.1) is 11.3 Å². The Labute approximate surface area is 216 Å². The van der Waals surface area contributed by atoms with Crippen molar-refractivity contribution in [3.8, 4) is 11.3 Å². The van der Waals surface area contributed by atoms with Gasteiger partial charge in [0, 0.05) is 62.9 Å². The van der Waals surface area contributed by atoms with Crippen molar-refractivity contribution < 1.29 is 9.90 Å². The molecule has 3 aromatic rings. The third-order valence-corrected chi connectivity index (χ3v) is 8.75. The first-order valence-electron chi connectivity index (χ1n) is 12.8. The molecular formula is C28H33N5O2S. The summed E-state index contributed by atoms with van der Waals surface area (Å²) < 4.78 is 0. The molecule has 3 aliphatic rings. The number of aryl methyl sites for hydroxylation is 1. The van der Waals surface area contributed by atoms with E-state index in [0.717, 1.165) is 55.4 Å². The van der Waals surface area contributed by atoms with Crippen LogP contribution in [-0.2, 0) is 11.2 Å². The number of nitrogens with zero attached hydrogens (tertiary/aromatic N) is 5. The smallest absolute Gasteiger partial charge is 0.236 e. The molecule has 2 saturated heterocycles. The molecule has 2 aromatic carbocycles. The minimum Gasteiger partial charge on any atom is -0.389 e. The van der Waals surface area contributed by atoms with Crippen LogP contribution in [0.25, 0.3) is 11.3 Å². The number of carbonyl (C=O) groups is 1. The Bertz CT molecular complexity index is 1220. The van der Waals surface area contributed by atoms with Crippen molar-refractivity contribution >= 4 is 28.1 Å². The number of carbonyl (C=O) groups excluding carboxylic acids is 1. The van der Waals surface area contributed by atoms with Crippen molar-refractivity contribution in [2.24, 2.45) is 0 Å². The first-order chi connectivity index (χ1) is 17.5. The molecule has 1 amide bonds. The van der Waals surface area contributed by atoms with Crippen molar-refractivity contribution in [1.29, 1.82) is 0 Å². The van der Waals surface area contributed by atoms with E-state index in [2.05, 4.69) is 69.6 Å². The topological polar surface area (TPSA) is 63.2 Å². The third-order valence-electron chi connectivity index (χ3n) is 7.82. The number of piperazine rings is 1. The number of thiazole rings is 1. The van der Waals surface area contributed by atoms with Gasteiger partial charge in [-0.2, -0.15) is 0 Å². The Morgan fingerprint density at radius 2 is 1.89 bits per heavy atom. The fraction of sp³-hybridized carbons (Fsp3) is 0.429. The van der Waals surface area contributed by atoms with Crippen LogP contribution in [0.4, 0.5) is 10.8 Å². The number of aliphatic hydroxyl groups is 1. The number of fused-ring (bicyclic) bond motifs is 1. The molecule has 7 nitrogen and oxygen atoms in total. The Balaban J connectivity index is 1.11. The summed E-state index contributed by atoms with van der Waals surface area (Å²) in [6.45, 7) is 5.02. The highest BCUT2D eigenvalue weighted by molar-refractivity contribution is 7.14. The highest BCUT2D eigenvalue weighted by Gasteiger charge is 2.31. The summed E-state index contributed by atoms with van der Waals surface area (Å²) in [5, 5.41) is 12.7. The van der Waals surface area contributed by atoms with Crippen LogP contribution in [0.1, 0.15) is 23.6 Å². The molecule has 8 heteroatoms. The maximum atomic E-state index is 12.4. The van der Waals surface area contributed by atoms with Gasteiger partial charge < -0.3 is 19.8 Å². The standard InChI is InChI=1S/C28H33N5O2S/c1-30(28-29-25(19-36-28)21-5-3-2-4-6-21)26-10-8-20-7-9-22(15-24(20)26)32-13-11-31(12-14-32)18-27(35)33-16-23(34)17-33/h2-7,9,15,19,23,26,34H,8,10-14,16-18H2,1H3. The maximum Gasteiger partial charge on any atom is 0.236 e. The quantitative estimate of drug-likeness (QED) is 0.557. The molecule has 1 atom stereocenters. The lowest BCUT2D eigenvalue weighted by atomic mass is 10.1. The summed E-state index contributed by atoms with van der Waals surface area (Å²) in [5.74, 6) is 0.134. The second-order valence-electron chi connectivity index (χ2n) is 10.1. The minimum atomic E-state index is -0.338. The first-order valence-corrected chi connectivity index (χ1v) is 13.7. The van der Waals surface area contributed by atoms with Crippen LogP contribution in [-0.4, -0.2) is 84.8 Å². The molecule has 1 aromatic heterocycles. The zero-order valence-corrected chi connectivity index (χ0v) is 21.5. The number of benzene rings is 2. The van der Waals surface area contributed by atoms with Gasteiger partial charge in [-0.3, -0.25) is 9.69 Å². The fourth-order valence-corrected chi connectivity index (χ4v) is 6.43. The Kier molecular flexibility index (Phi) is 6.41. The molecule has 188 valence electrons. The predicted molar refractivity (Wildman–Crippen MR) is 145 cm³/mol. The van der Waals surface area contributed by atoms with Gasteiger partial charge in [-0.1, -0.05) is 36.4 Å². The summed E-state index contributed by atoms with van der Waals surface area (Å²) in [4.78, 5) is 26.1. The van der Waals surface area contributed by atoms with Crippen LogP contribution in [0.3, 0.4) is 0 Å². The van der Waals surface area contributed by atoms with E-state index in [0.29, 0.717) is 25.7 Å². The summed E-state index contributed by atoms with van der Waals surface area (Å²) in [7, 11) is 2.17. The van der Waals surface area contributed by atoms with Crippen molar-refractivity contribution in [3.05, 3.63) is 65.0 Å². The average Bonchev–Trinajstić information content (AvgIpc) is 3.55. The molecule has 6 rings (SSSR count). The average molecular weight is 504 g/mol. The summed E-state index contributed by atoms with van der Waals surface area (Å²) >= 11 is 1.71. The van der Waals surface area contributed by atoms with Crippen molar-refractivity contribution in [2.45, 2.75) is 25.0 Å². The first kappa shape index (κ1) is 23.5. The molecule has 0 saturated carbocycles. The molecular weight excluding hydrogens is 470 g/mol. The summed E-state index contributed by atoms with van der Waals surface area (Å²) in [6, 6.07) is 17.7. The van der Waals surface area contributed by atoms with Gasteiger partial charge >= 0.3 is 0 Å². The second kappa shape index (κ2) is 9.84. The molecule has 1 aliphatic carbocycles. The minimum absolute atomic E-state index is 0.134. The normalized spacial score (nSPS) is 20.3. The van der Waals surface area contributed by atoms with E-state index in [1.165, 1.54) is 16.8 Å². The number of hydrogen-bond acceptors (Lipinski definition) is 7. The van der Waals surface area contributed by atoms with E-state index in [4.69, 9.17) is 4.98 Å². The number of aliphatic hydroxyl groups excluding tert-OH is 1. The van der Waals surface area contributed by atoms with Crippen LogP contribution in [0, 0.1) is 0 Å². The molecule has 2 fully saturated rings. The van der Waals surface area contributed by atoms with Crippen LogP contribution in [0.2, 0.25) is 0 Å². The van der Waals surface area contributed by atoms with Gasteiger partial charge in [0.05, 0.1) is 24.4 Å². The third kappa shape index (κ3) is 4.61. The van der Waals surface area contributed by atoms with Gasteiger partial charge in [0.1, 0.15) is 0 Å². The molecule has 0 bridgehead atoms. The monoisotopic (exact) mass is 503 g/mol. The highest BCUT2D eigenvalue weighted by atomic mass is 32.1. The fourth-order valence-electron chi connectivity index (χ4n) is 5.58. The second-order valence-corrected chi connectivity index (χ2v) is 11.0. The van der Waals surface area contributed by atoms with Gasteiger partial charge in [0.2, 0.25) is 5.91 Å². The SMILES string of the molecule is CN(c1nc(-c2ccccc2)cs1)C1CCc2ccc(N3CCN(CC(=O)N4CC(O)C4)CC3)cc21. The molecule has 3 heterocycles. The summed E-state index contributed by atoms with van der Waals surface area (Å²) in [6.07, 6.45) is 1.87. The van der Waals surface area contributed by atoms with Crippen molar-refractivity contribution in [1.82, 2.24) is 14.8 Å². The number of amides is 1. The Morgan fingerprint density at radius 1 is 1.11 bits per heavy atom. The van der Waals surface area contributed by atoms with Crippen molar-refractivity contribution in [3.63, 3.8) is 0 Å². The summed E-state index contributed by atoms with van der Waals surface area (Å²) in [5.41, 5.74) is 6.33. The molecule has 0 radical (unpaired) electrons. The zero-order chi connectivity index (χ0) is 24.6. The molecule has 1 unspecified atom stereocenters. The lowest BCUT2D eigenvalue weighted by Crippen LogP contribution is -2.57. The van der Waals surface area contributed by atoms with Crippen LogP contribution in [0.15, 0.2) is 53.9 Å². The van der Waals surface area contributed by atoms with Gasteiger partial charge in [-0.05, 0) is 36.1 Å². The van der Waals surface area contributed by atoms with Gasteiger partial charge in [-0.25, -0.2) is 4.98 Å². The molecule has 0 spiro atoms. The number of β-amino-alcohol motifs (C(OH)–C–C–N with tert-alkyl or cyclic N) is 1. The maximum absolute atomic E-state index is 12.4. The zero-order valence-electron chi connectivity index (χ0n) is 20.7. The number of aromatic nitrogens is 1. The van der Waals surface area contributed by atoms with E-state index in [1.807, 2.05) is 6.07 Å². The van der Waals surface area contributed by atoms with Crippen LogP contribution < -0.4 is 9.80 Å². The van der Waals surface area contributed by atoms with E-state index in [-0.39, 0.29) is 12.0 Å². The lowest BCUT2D eigenvalue weighted by Gasteiger charge is -2.40. The Hall–Kier alpha value is -2.94. The van der Waals surface area contributed by atoms with Crippen LogP contribution >= 0.6 is 11.3 Å². The van der Waals surface area contributed by atoms with E-state index >= 15 is 0 Å². The molecule has 2 aliphatic heterocycles. The highest BCUT2D eigenvalue weighted by Crippen LogP contribution is 2.41. The molecule has 1 N–H and O–H groups in total. The van der Waals surface area contributed by atoms with E-state index in [1.54, 1.807) is 16.2 Å². The van der Waals surface area contributed by atoms with E-state index in [9.17, 15) is 9.90 Å². The largest absolute Gasteiger partial charge is 0.389 e. The number of anilines is 2. The van der Waals surface area contributed by atoms with E-state index < -0.39 is 0 Å². The van der Waals surface area contributed by atoms with Crippen LogP contribution in [0.5, 0.6) is 0 Å². The predicted octanol–water partition coefficient (Wildman–Crippen LogP) is 3.26. The number of rotatable bonds is 6. The molecule has 36 heavy (non-hydrogen) atoms. The van der Waals surface area contributed by atoms with Gasteiger partial charge in [0.15, 0.2) is 5.13 Å². The Morgan fingerprint density at radius 3 is 2.64 bits per heavy atom.